The van der Waals surface area contributed by atoms with E-state index in [0.29, 0.717) is 13.2 Å². The number of ether oxygens (including phenoxy) is 2. The lowest BCUT2D eigenvalue weighted by Crippen LogP contribution is -2.24. The van der Waals surface area contributed by atoms with Gasteiger partial charge in [-0.1, -0.05) is 45.1 Å². The van der Waals surface area contributed by atoms with E-state index in [0.717, 1.165) is 32.3 Å². The Morgan fingerprint density at radius 2 is 1.70 bits per heavy atom. The smallest absolute Gasteiger partial charge is 0.104 e. The maximum Gasteiger partial charge on any atom is 0.104 e. The van der Waals surface area contributed by atoms with Crippen molar-refractivity contribution in [2.45, 2.75) is 70.8 Å². The quantitative estimate of drug-likeness (QED) is 0.343. The van der Waals surface area contributed by atoms with Gasteiger partial charge in [0.15, 0.2) is 0 Å². The zero-order chi connectivity index (χ0) is 14.9. The van der Waals surface area contributed by atoms with Crippen molar-refractivity contribution >= 4 is 0 Å². The molecule has 0 saturated heterocycles. The molecule has 0 bridgehead atoms. The second kappa shape index (κ2) is 16.7. The second-order valence-electron chi connectivity index (χ2n) is 5.30. The predicted molar refractivity (Wildman–Crippen MR) is 85.1 cm³/mol. The number of rotatable bonds is 16. The Labute approximate surface area is 125 Å². The number of allylic oxidation sites excluding steroid dienone is 1. The van der Waals surface area contributed by atoms with Crippen LogP contribution in [0.3, 0.4) is 0 Å². The first-order valence-electron chi connectivity index (χ1n) is 8.26. The van der Waals surface area contributed by atoms with Crippen molar-refractivity contribution in [2.75, 3.05) is 26.4 Å². The molecular formula is C17H34O3. The number of hydrogen-bond donors (Lipinski definition) is 1. The summed E-state index contributed by atoms with van der Waals surface area (Å²) in [5.41, 5.74) is 0. The minimum Gasteiger partial charge on any atom is -0.394 e. The first-order chi connectivity index (χ1) is 9.85. The van der Waals surface area contributed by atoms with E-state index >= 15 is 0 Å². The monoisotopic (exact) mass is 286 g/mol. The Hall–Kier alpha value is -0.380. The van der Waals surface area contributed by atoms with Crippen molar-refractivity contribution in [1.29, 1.82) is 0 Å². The van der Waals surface area contributed by atoms with Gasteiger partial charge in [-0.3, -0.25) is 0 Å². The van der Waals surface area contributed by atoms with E-state index < -0.39 is 0 Å². The lowest BCUT2D eigenvalue weighted by Gasteiger charge is -2.15. The summed E-state index contributed by atoms with van der Waals surface area (Å²) >= 11 is 0. The molecule has 1 N–H and O–H groups in total. The zero-order valence-electron chi connectivity index (χ0n) is 13.3. The van der Waals surface area contributed by atoms with Crippen molar-refractivity contribution in [2.24, 2.45) is 0 Å². The molecular weight excluding hydrogens is 252 g/mol. The lowest BCUT2D eigenvalue weighted by molar-refractivity contribution is -0.0436. The first kappa shape index (κ1) is 19.6. The van der Waals surface area contributed by atoms with Crippen LogP contribution in [0, 0.1) is 0 Å². The fourth-order valence-corrected chi connectivity index (χ4v) is 1.99. The van der Waals surface area contributed by atoms with Crippen molar-refractivity contribution in [3.63, 3.8) is 0 Å². The van der Waals surface area contributed by atoms with E-state index in [1.165, 1.54) is 32.1 Å². The third kappa shape index (κ3) is 14.0. The van der Waals surface area contributed by atoms with Gasteiger partial charge in [0.05, 0.1) is 13.2 Å². The summed E-state index contributed by atoms with van der Waals surface area (Å²) in [6.07, 6.45) is 12.5. The summed E-state index contributed by atoms with van der Waals surface area (Å²) in [5.74, 6) is 0. The van der Waals surface area contributed by atoms with Gasteiger partial charge in [0.25, 0.3) is 0 Å². The molecule has 0 aliphatic rings. The van der Waals surface area contributed by atoms with E-state index in [2.05, 4.69) is 13.5 Å². The predicted octanol–water partition coefficient (Wildman–Crippen LogP) is 4.10. The van der Waals surface area contributed by atoms with Crippen LogP contribution in [0.15, 0.2) is 12.7 Å². The third-order valence-corrected chi connectivity index (χ3v) is 3.31. The van der Waals surface area contributed by atoms with E-state index in [1.54, 1.807) is 0 Å². The summed E-state index contributed by atoms with van der Waals surface area (Å²) in [4.78, 5) is 0. The Kier molecular flexibility index (Phi) is 16.4. The molecule has 0 aromatic carbocycles. The highest BCUT2D eigenvalue weighted by molar-refractivity contribution is 4.65. The van der Waals surface area contributed by atoms with Crippen molar-refractivity contribution in [3.8, 4) is 0 Å². The van der Waals surface area contributed by atoms with Crippen LogP contribution in [0.2, 0.25) is 0 Å². The van der Waals surface area contributed by atoms with Crippen molar-refractivity contribution in [1.82, 2.24) is 0 Å². The van der Waals surface area contributed by atoms with Gasteiger partial charge in [-0.15, -0.1) is 6.58 Å². The van der Waals surface area contributed by atoms with Crippen LogP contribution in [0.4, 0.5) is 0 Å². The number of hydrogen-bond acceptors (Lipinski definition) is 3. The second-order valence-corrected chi connectivity index (χ2v) is 5.30. The average Bonchev–Trinajstić information content (AvgIpc) is 2.47. The number of aliphatic hydroxyl groups is 1. The number of unbranched alkanes of at least 4 members (excludes halogenated alkanes) is 7. The molecule has 0 rings (SSSR count). The molecule has 0 aromatic heterocycles. The van der Waals surface area contributed by atoms with Gasteiger partial charge < -0.3 is 14.6 Å². The van der Waals surface area contributed by atoms with E-state index in [-0.39, 0.29) is 12.7 Å². The Balaban J connectivity index is 3.29. The molecule has 3 nitrogen and oxygen atoms in total. The van der Waals surface area contributed by atoms with E-state index in [4.69, 9.17) is 9.47 Å². The van der Waals surface area contributed by atoms with Crippen LogP contribution in [0.25, 0.3) is 0 Å². The lowest BCUT2D eigenvalue weighted by atomic mass is 10.1. The molecule has 0 fully saturated rings. The standard InChI is InChI=1S/C17H34O3/c1-3-5-7-9-10-11-13-19-16-17(15-18)20-14-12-8-6-4-2/h4,17-18H,2-3,5-16H2,1H3/t17-/m0/s1. The molecule has 120 valence electrons. The molecule has 0 radical (unpaired) electrons. The normalized spacial score (nSPS) is 12.5. The maximum atomic E-state index is 9.21. The Morgan fingerprint density at radius 1 is 1.00 bits per heavy atom. The molecule has 1 atom stereocenters. The highest BCUT2D eigenvalue weighted by Gasteiger charge is 2.07. The fourth-order valence-electron chi connectivity index (χ4n) is 1.99. The van der Waals surface area contributed by atoms with Gasteiger partial charge in [0.1, 0.15) is 6.10 Å². The van der Waals surface area contributed by atoms with Gasteiger partial charge in [0, 0.05) is 13.2 Å². The molecule has 0 amide bonds. The van der Waals surface area contributed by atoms with Gasteiger partial charge in [-0.25, -0.2) is 0 Å². The highest BCUT2D eigenvalue weighted by Crippen LogP contribution is 2.05. The topological polar surface area (TPSA) is 38.7 Å². The van der Waals surface area contributed by atoms with E-state index in [9.17, 15) is 5.11 Å². The molecule has 0 heterocycles. The Morgan fingerprint density at radius 3 is 2.40 bits per heavy atom. The van der Waals surface area contributed by atoms with Gasteiger partial charge in [0.2, 0.25) is 0 Å². The third-order valence-electron chi connectivity index (χ3n) is 3.31. The molecule has 3 heteroatoms. The largest absolute Gasteiger partial charge is 0.394 e. The molecule has 0 unspecified atom stereocenters. The molecule has 20 heavy (non-hydrogen) atoms. The summed E-state index contributed by atoms with van der Waals surface area (Å²) in [6.45, 7) is 7.94. The van der Waals surface area contributed by atoms with E-state index in [1.807, 2.05) is 6.08 Å². The zero-order valence-corrected chi connectivity index (χ0v) is 13.3. The van der Waals surface area contributed by atoms with Crippen LogP contribution in [-0.2, 0) is 9.47 Å². The molecule has 0 spiro atoms. The SMILES string of the molecule is C=CCCCCO[C@@H](CO)COCCCCCCCC. The molecule has 0 saturated carbocycles. The highest BCUT2D eigenvalue weighted by atomic mass is 16.5. The average molecular weight is 286 g/mol. The summed E-state index contributed by atoms with van der Waals surface area (Å²) < 4.78 is 11.2. The Bertz CT molecular complexity index is 195. The summed E-state index contributed by atoms with van der Waals surface area (Å²) in [7, 11) is 0. The van der Waals surface area contributed by atoms with Crippen molar-refractivity contribution in [3.05, 3.63) is 12.7 Å². The van der Waals surface area contributed by atoms with Crippen LogP contribution in [0.5, 0.6) is 0 Å². The van der Waals surface area contributed by atoms with Gasteiger partial charge in [-0.2, -0.15) is 0 Å². The van der Waals surface area contributed by atoms with Crippen molar-refractivity contribution < 1.29 is 14.6 Å². The summed E-state index contributed by atoms with van der Waals surface area (Å²) in [5, 5.41) is 9.21. The fraction of sp³-hybridized carbons (Fsp3) is 0.882. The first-order valence-corrected chi connectivity index (χ1v) is 8.26. The minimum absolute atomic E-state index is 0.0396. The maximum absolute atomic E-state index is 9.21. The van der Waals surface area contributed by atoms with Crippen LogP contribution in [0.1, 0.15) is 64.7 Å². The van der Waals surface area contributed by atoms with Gasteiger partial charge in [-0.05, 0) is 25.7 Å². The van der Waals surface area contributed by atoms with Gasteiger partial charge >= 0.3 is 0 Å². The van der Waals surface area contributed by atoms with Crippen LogP contribution >= 0.6 is 0 Å². The molecule has 0 aliphatic carbocycles. The molecule has 0 aromatic rings. The molecule has 0 aliphatic heterocycles. The van der Waals surface area contributed by atoms with Crippen LogP contribution in [-0.4, -0.2) is 37.6 Å². The summed E-state index contributed by atoms with van der Waals surface area (Å²) in [6, 6.07) is 0. The minimum atomic E-state index is -0.168. The van der Waals surface area contributed by atoms with Crippen LogP contribution < -0.4 is 0 Å². The number of aliphatic hydroxyl groups excluding tert-OH is 1.